The molecule has 1 aromatic rings. The number of esters is 1. The predicted molar refractivity (Wildman–Crippen MR) is 75.4 cm³/mol. The molecule has 0 saturated carbocycles. The highest BCUT2D eigenvalue weighted by atomic mass is 16.6. The Kier molecular flexibility index (Phi) is 4.92. The van der Waals surface area contributed by atoms with Crippen molar-refractivity contribution in [3.8, 4) is 5.88 Å². The van der Waals surface area contributed by atoms with E-state index in [1.807, 2.05) is 0 Å². The van der Waals surface area contributed by atoms with Gasteiger partial charge in [0.1, 0.15) is 5.56 Å². The Morgan fingerprint density at radius 2 is 2.27 bits per heavy atom. The van der Waals surface area contributed by atoms with Gasteiger partial charge in [-0.3, -0.25) is 9.69 Å². The lowest BCUT2D eigenvalue weighted by Gasteiger charge is -2.18. The maximum atomic E-state index is 12.1. The molecular weight excluding hydrogens is 290 g/mol. The van der Waals surface area contributed by atoms with E-state index in [1.54, 1.807) is 13.0 Å². The van der Waals surface area contributed by atoms with Crippen molar-refractivity contribution in [2.45, 2.75) is 20.0 Å². The van der Waals surface area contributed by atoms with E-state index in [-0.39, 0.29) is 18.0 Å². The molecule has 8 nitrogen and oxygen atoms in total. The molecule has 0 aromatic carbocycles. The Labute approximate surface area is 127 Å². The van der Waals surface area contributed by atoms with Crippen LogP contribution in [0.1, 0.15) is 24.2 Å². The summed E-state index contributed by atoms with van der Waals surface area (Å²) in [6, 6.07) is 2.59. The summed E-state index contributed by atoms with van der Waals surface area (Å²) < 4.78 is 10.4. The highest BCUT2D eigenvalue weighted by Crippen LogP contribution is 2.17. The smallest absolute Gasteiger partial charge is 0.344 e. The van der Waals surface area contributed by atoms with Crippen LogP contribution < -0.4 is 10.1 Å². The number of nitrogens with zero attached hydrogens (tertiary/aromatic N) is 2. The van der Waals surface area contributed by atoms with Crippen molar-refractivity contribution in [3.63, 3.8) is 0 Å². The molecule has 118 valence electrons. The molecule has 0 aliphatic carbocycles. The molecule has 1 fully saturated rings. The maximum absolute atomic E-state index is 12.1. The number of urea groups is 1. The van der Waals surface area contributed by atoms with E-state index < -0.39 is 24.0 Å². The average Bonchev–Trinajstić information content (AvgIpc) is 2.93. The second-order valence-electron chi connectivity index (χ2n) is 4.56. The molecule has 22 heavy (non-hydrogen) atoms. The normalized spacial score (nSPS) is 15.2. The number of ether oxygens (including phenoxy) is 2. The zero-order valence-corrected chi connectivity index (χ0v) is 12.4. The Morgan fingerprint density at radius 3 is 2.91 bits per heavy atom. The molecule has 1 N–H and O–H groups in total. The molecule has 0 radical (unpaired) electrons. The second-order valence-corrected chi connectivity index (χ2v) is 4.56. The Balaban J connectivity index is 2.05. The van der Waals surface area contributed by atoms with Gasteiger partial charge >= 0.3 is 12.0 Å². The minimum atomic E-state index is -1.08. The molecule has 2 heterocycles. The minimum absolute atomic E-state index is 0.134. The lowest BCUT2D eigenvalue weighted by atomic mass is 10.2. The monoisotopic (exact) mass is 307 g/mol. The van der Waals surface area contributed by atoms with Gasteiger partial charge in [0.2, 0.25) is 5.88 Å². The Morgan fingerprint density at radius 1 is 1.50 bits per heavy atom. The van der Waals surface area contributed by atoms with Crippen LogP contribution in [0.2, 0.25) is 0 Å². The standard InChI is InChI=1S/C14H17N3O5/c1-3-21-11-10(5-4-6-15-11)13(19)22-9(2)12(18)17-8-7-16-14(17)20/h4-6,9H,3,7-8H2,1-2H3,(H,16,20). The highest BCUT2D eigenvalue weighted by Gasteiger charge is 2.32. The van der Waals surface area contributed by atoms with Gasteiger partial charge in [0.15, 0.2) is 6.10 Å². The number of hydrogen-bond acceptors (Lipinski definition) is 6. The van der Waals surface area contributed by atoms with Crippen molar-refractivity contribution in [2.75, 3.05) is 19.7 Å². The number of rotatable bonds is 5. The van der Waals surface area contributed by atoms with Gasteiger partial charge in [-0.05, 0) is 26.0 Å². The summed E-state index contributed by atoms with van der Waals surface area (Å²) in [4.78, 5) is 40.6. The average molecular weight is 307 g/mol. The fourth-order valence-corrected chi connectivity index (χ4v) is 1.97. The number of hydrogen-bond donors (Lipinski definition) is 1. The molecule has 2 rings (SSSR count). The summed E-state index contributed by atoms with van der Waals surface area (Å²) >= 11 is 0. The molecule has 1 aromatic heterocycles. The predicted octanol–water partition coefficient (Wildman–Crippen LogP) is 0.577. The largest absolute Gasteiger partial charge is 0.477 e. The van der Waals surface area contributed by atoms with Crippen LogP contribution in [-0.2, 0) is 9.53 Å². The summed E-state index contributed by atoms with van der Waals surface area (Å²) in [6.07, 6.45) is 0.413. The number of carbonyl (C=O) groups is 3. The highest BCUT2D eigenvalue weighted by molar-refractivity contribution is 5.99. The number of amides is 3. The van der Waals surface area contributed by atoms with E-state index in [1.165, 1.54) is 19.2 Å². The van der Waals surface area contributed by atoms with E-state index >= 15 is 0 Å². The third-order valence-electron chi connectivity index (χ3n) is 3.03. The molecule has 8 heteroatoms. The van der Waals surface area contributed by atoms with Crippen molar-refractivity contribution in [1.29, 1.82) is 0 Å². The Bertz CT molecular complexity index is 590. The van der Waals surface area contributed by atoms with E-state index in [0.29, 0.717) is 13.2 Å². The molecule has 1 aliphatic rings. The number of imide groups is 1. The van der Waals surface area contributed by atoms with E-state index in [4.69, 9.17) is 9.47 Å². The number of pyridine rings is 1. The maximum Gasteiger partial charge on any atom is 0.344 e. The first kappa shape index (κ1) is 15.7. The van der Waals surface area contributed by atoms with Crippen molar-refractivity contribution in [1.82, 2.24) is 15.2 Å². The Hall–Kier alpha value is -2.64. The molecule has 1 atom stereocenters. The van der Waals surface area contributed by atoms with Crippen LogP contribution in [0.15, 0.2) is 18.3 Å². The SMILES string of the molecule is CCOc1ncccc1C(=O)OC(C)C(=O)N1CCNC1=O. The topological polar surface area (TPSA) is 97.8 Å². The van der Waals surface area contributed by atoms with Crippen molar-refractivity contribution in [3.05, 3.63) is 23.9 Å². The van der Waals surface area contributed by atoms with Crippen LogP contribution in [0.5, 0.6) is 5.88 Å². The van der Waals surface area contributed by atoms with E-state index in [2.05, 4.69) is 10.3 Å². The molecule has 0 spiro atoms. The number of aromatic nitrogens is 1. The first-order valence-corrected chi connectivity index (χ1v) is 6.92. The van der Waals surface area contributed by atoms with Crippen LogP contribution in [-0.4, -0.2) is 53.6 Å². The molecular formula is C14H17N3O5. The van der Waals surface area contributed by atoms with E-state index in [9.17, 15) is 14.4 Å². The molecule has 1 unspecified atom stereocenters. The summed E-state index contributed by atoms with van der Waals surface area (Å²) in [6.45, 7) is 4.18. The second kappa shape index (κ2) is 6.88. The van der Waals surface area contributed by atoms with Crippen molar-refractivity contribution >= 4 is 17.9 Å². The third kappa shape index (κ3) is 3.33. The van der Waals surface area contributed by atoms with Gasteiger partial charge < -0.3 is 14.8 Å². The zero-order valence-electron chi connectivity index (χ0n) is 12.4. The van der Waals surface area contributed by atoms with Gasteiger partial charge in [-0.25, -0.2) is 14.6 Å². The van der Waals surface area contributed by atoms with Crippen LogP contribution in [0.25, 0.3) is 0 Å². The summed E-state index contributed by atoms with van der Waals surface area (Å²) in [5.74, 6) is -1.14. The van der Waals surface area contributed by atoms with Gasteiger partial charge in [0.05, 0.1) is 6.61 Å². The quantitative estimate of drug-likeness (QED) is 0.799. The van der Waals surface area contributed by atoms with Crippen LogP contribution in [0.3, 0.4) is 0 Å². The summed E-state index contributed by atoms with van der Waals surface area (Å²) in [7, 11) is 0. The van der Waals surface area contributed by atoms with Gasteiger partial charge in [-0.1, -0.05) is 0 Å². The molecule has 0 bridgehead atoms. The van der Waals surface area contributed by atoms with Crippen LogP contribution in [0.4, 0.5) is 4.79 Å². The fraction of sp³-hybridized carbons (Fsp3) is 0.429. The van der Waals surface area contributed by atoms with Gasteiger partial charge in [-0.2, -0.15) is 0 Å². The minimum Gasteiger partial charge on any atom is -0.477 e. The number of carbonyl (C=O) groups excluding carboxylic acids is 3. The lowest BCUT2D eigenvalue weighted by Crippen LogP contribution is -2.41. The van der Waals surface area contributed by atoms with Crippen LogP contribution >= 0.6 is 0 Å². The molecule has 3 amide bonds. The third-order valence-corrected chi connectivity index (χ3v) is 3.03. The first-order chi connectivity index (χ1) is 10.5. The van der Waals surface area contributed by atoms with Gasteiger partial charge in [0, 0.05) is 19.3 Å². The van der Waals surface area contributed by atoms with Gasteiger partial charge in [0.25, 0.3) is 5.91 Å². The van der Waals surface area contributed by atoms with Crippen molar-refractivity contribution < 1.29 is 23.9 Å². The fourth-order valence-electron chi connectivity index (χ4n) is 1.97. The molecule has 1 aliphatic heterocycles. The van der Waals surface area contributed by atoms with Gasteiger partial charge in [-0.15, -0.1) is 0 Å². The number of nitrogens with one attached hydrogen (secondary N) is 1. The van der Waals surface area contributed by atoms with Crippen LogP contribution in [0, 0.1) is 0 Å². The lowest BCUT2D eigenvalue weighted by molar-refractivity contribution is -0.136. The van der Waals surface area contributed by atoms with E-state index in [0.717, 1.165) is 4.90 Å². The first-order valence-electron chi connectivity index (χ1n) is 6.92. The summed E-state index contributed by atoms with van der Waals surface area (Å²) in [5, 5.41) is 2.51. The zero-order chi connectivity index (χ0) is 16.1. The molecule has 1 saturated heterocycles. The summed E-state index contributed by atoms with van der Waals surface area (Å²) in [5.41, 5.74) is 0.134. The van der Waals surface area contributed by atoms with Crippen molar-refractivity contribution in [2.24, 2.45) is 0 Å².